The summed E-state index contributed by atoms with van der Waals surface area (Å²) >= 11 is 1.46. The molecule has 0 aliphatic heterocycles. The van der Waals surface area contributed by atoms with Gasteiger partial charge in [-0.3, -0.25) is 5.43 Å². The van der Waals surface area contributed by atoms with E-state index in [1.165, 1.54) is 11.3 Å². The van der Waals surface area contributed by atoms with Crippen molar-refractivity contribution in [2.24, 2.45) is 5.10 Å². The molecule has 0 aliphatic carbocycles. The summed E-state index contributed by atoms with van der Waals surface area (Å²) in [6.07, 6.45) is 3.19. The Labute approximate surface area is 137 Å². The number of methoxy groups -OCH3 is 2. The molecule has 0 aliphatic rings. The molecule has 0 amide bonds. The topological polar surface area (TPSA) is 68.9 Å². The molecule has 0 fully saturated rings. The van der Waals surface area contributed by atoms with E-state index in [0.717, 1.165) is 17.0 Å². The number of hydrazone groups is 1. The lowest BCUT2D eigenvalue weighted by Gasteiger charge is -2.08. The van der Waals surface area contributed by atoms with Gasteiger partial charge in [-0.25, -0.2) is 4.98 Å². The van der Waals surface area contributed by atoms with Crippen molar-refractivity contribution in [2.45, 2.75) is 0 Å². The van der Waals surface area contributed by atoms with Crippen LogP contribution in [0.25, 0.3) is 11.3 Å². The van der Waals surface area contributed by atoms with E-state index in [2.05, 4.69) is 15.5 Å². The van der Waals surface area contributed by atoms with E-state index in [4.69, 9.17) is 13.9 Å². The van der Waals surface area contributed by atoms with Crippen molar-refractivity contribution in [1.82, 2.24) is 4.98 Å². The molecule has 1 N–H and O–H groups in total. The van der Waals surface area contributed by atoms with E-state index in [-0.39, 0.29) is 0 Å². The third-order valence-corrected chi connectivity index (χ3v) is 3.83. The summed E-state index contributed by atoms with van der Waals surface area (Å²) < 4.78 is 15.8. The molecular weight excluding hydrogens is 314 g/mol. The van der Waals surface area contributed by atoms with Gasteiger partial charge in [0.2, 0.25) is 5.13 Å². The van der Waals surface area contributed by atoms with E-state index in [1.54, 1.807) is 32.8 Å². The SMILES string of the molecule is COc1ccc(-c2csc(N/N=C\c3ccco3)n2)c(OC)c1. The number of rotatable bonds is 6. The van der Waals surface area contributed by atoms with E-state index >= 15 is 0 Å². The monoisotopic (exact) mass is 329 g/mol. The number of nitrogens with zero attached hydrogens (tertiary/aromatic N) is 2. The molecule has 3 aromatic rings. The Kier molecular flexibility index (Phi) is 4.58. The van der Waals surface area contributed by atoms with Gasteiger partial charge in [0, 0.05) is 17.0 Å². The molecule has 0 saturated carbocycles. The number of ether oxygens (including phenoxy) is 2. The predicted molar refractivity (Wildman–Crippen MR) is 90.6 cm³/mol. The lowest BCUT2D eigenvalue weighted by molar-refractivity contribution is 0.395. The van der Waals surface area contributed by atoms with Crippen LogP contribution in [-0.2, 0) is 0 Å². The fraction of sp³-hybridized carbons (Fsp3) is 0.125. The summed E-state index contributed by atoms with van der Waals surface area (Å²) in [4.78, 5) is 4.51. The smallest absolute Gasteiger partial charge is 0.203 e. The Bertz CT molecular complexity index is 797. The largest absolute Gasteiger partial charge is 0.497 e. The molecule has 118 valence electrons. The minimum atomic E-state index is 0.672. The maximum atomic E-state index is 5.40. The second-order valence-electron chi connectivity index (χ2n) is 4.49. The summed E-state index contributed by atoms with van der Waals surface area (Å²) in [7, 11) is 3.24. The fourth-order valence-electron chi connectivity index (χ4n) is 1.97. The lowest BCUT2D eigenvalue weighted by atomic mass is 10.1. The van der Waals surface area contributed by atoms with Crippen LogP contribution in [0.3, 0.4) is 0 Å². The number of furan rings is 1. The first-order valence-corrected chi connectivity index (χ1v) is 7.68. The van der Waals surface area contributed by atoms with Gasteiger partial charge in [-0.1, -0.05) is 0 Å². The van der Waals surface area contributed by atoms with E-state index < -0.39 is 0 Å². The molecule has 6 nitrogen and oxygen atoms in total. The summed E-state index contributed by atoms with van der Waals surface area (Å²) in [6.45, 7) is 0. The Hall–Kier alpha value is -2.80. The average molecular weight is 329 g/mol. The minimum Gasteiger partial charge on any atom is -0.497 e. The van der Waals surface area contributed by atoms with Gasteiger partial charge >= 0.3 is 0 Å². The van der Waals surface area contributed by atoms with Crippen LogP contribution in [0.15, 0.2) is 51.5 Å². The highest BCUT2D eigenvalue weighted by Crippen LogP contribution is 2.34. The summed E-state index contributed by atoms with van der Waals surface area (Å²) in [6, 6.07) is 9.25. The molecule has 23 heavy (non-hydrogen) atoms. The fourth-order valence-corrected chi connectivity index (χ4v) is 2.63. The Morgan fingerprint density at radius 1 is 1.26 bits per heavy atom. The molecule has 0 bridgehead atoms. The van der Waals surface area contributed by atoms with Crippen molar-refractivity contribution in [3.8, 4) is 22.8 Å². The van der Waals surface area contributed by atoms with Crippen LogP contribution < -0.4 is 14.9 Å². The van der Waals surface area contributed by atoms with E-state index in [9.17, 15) is 0 Å². The number of hydrogen-bond donors (Lipinski definition) is 1. The minimum absolute atomic E-state index is 0.672. The summed E-state index contributed by atoms with van der Waals surface area (Å²) in [5, 5.41) is 6.71. The molecule has 7 heteroatoms. The van der Waals surface area contributed by atoms with Crippen LogP contribution in [0, 0.1) is 0 Å². The zero-order valence-corrected chi connectivity index (χ0v) is 13.5. The third kappa shape index (κ3) is 3.51. The normalized spacial score (nSPS) is 10.9. The lowest BCUT2D eigenvalue weighted by Crippen LogP contribution is -1.92. The van der Waals surface area contributed by atoms with Gasteiger partial charge < -0.3 is 13.9 Å². The van der Waals surface area contributed by atoms with Crippen LogP contribution in [0.5, 0.6) is 11.5 Å². The maximum Gasteiger partial charge on any atom is 0.203 e. The average Bonchev–Trinajstić information content (AvgIpc) is 3.26. The predicted octanol–water partition coefficient (Wildman–Crippen LogP) is 3.87. The van der Waals surface area contributed by atoms with Gasteiger partial charge in [0.05, 0.1) is 32.4 Å². The van der Waals surface area contributed by atoms with Crippen LogP contribution in [-0.4, -0.2) is 25.4 Å². The van der Waals surface area contributed by atoms with Gasteiger partial charge in [-0.2, -0.15) is 5.10 Å². The van der Waals surface area contributed by atoms with Crippen molar-refractivity contribution >= 4 is 22.7 Å². The molecule has 0 spiro atoms. The highest BCUT2D eigenvalue weighted by Gasteiger charge is 2.11. The number of hydrogen-bond acceptors (Lipinski definition) is 7. The molecule has 2 aromatic heterocycles. The first-order valence-electron chi connectivity index (χ1n) is 6.80. The van der Waals surface area contributed by atoms with Gasteiger partial charge in [-0.05, 0) is 24.3 Å². The first-order chi connectivity index (χ1) is 11.3. The Morgan fingerprint density at radius 2 is 2.17 bits per heavy atom. The van der Waals surface area contributed by atoms with Gasteiger partial charge in [0.25, 0.3) is 0 Å². The van der Waals surface area contributed by atoms with E-state index in [0.29, 0.717) is 16.6 Å². The van der Waals surface area contributed by atoms with Crippen molar-refractivity contribution in [1.29, 1.82) is 0 Å². The van der Waals surface area contributed by atoms with Crippen LogP contribution in [0.2, 0.25) is 0 Å². The number of nitrogens with one attached hydrogen (secondary N) is 1. The molecule has 1 aromatic carbocycles. The number of anilines is 1. The molecule has 2 heterocycles. The van der Waals surface area contributed by atoms with Crippen molar-refractivity contribution in [3.63, 3.8) is 0 Å². The highest BCUT2D eigenvalue weighted by molar-refractivity contribution is 7.14. The summed E-state index contributed by atoms with van der Waals surface area (Å²) in [5.41, 5.74) is 4.59. The van der Waals surface area contributed by atoms with Crippen LogP contribution in [0.4, 0.5) is 5.13 Å². The Balaban J connectivity index is 1.76. The Morgan fingerprint density at radius 3 is 2.91 bits per heavy atom. The van der Waals surface area contributed by atoms with Gasteiger partial charge in [0.15, 0.2) is 0 Å². The first kappa shape index (κ1) is 15.1. The number of benzene rings is 1. The second-order valence-corrected chi connectivity index (χ2v) is 5.35. The van der Waals surface area contributed by atoms with Crippen LogP contribution >= 0.6 is 11.3 Å². The maximum absolute atomic E-state index is 5.40. The van der Waals surface area contributed by atoms with Gasteiger partial charge in [-0.15, -0.1) is 11.3 Å². The van der Waals surface area contributed by atoms with Crippen molar-refractivity contribution < 1.29 is 13.9 Å². The van der Waals surface area contributed by atoms with Gasteiger partial charge in [0.1, 0.15) is 17.3 Å². The zero-order chi connectivity index (χ0) is 16.1. The van der Waals surface area contributed by atoms with Crippen molar-refractivity contribution in [3.05, 3.63) is 47.7 Å². The standard InChI is InChI=1S/C16H15N3O3S/c1-20-11-5-6-13(15(8-11)21-2)14-10-23-16(18-14)19-17-9-12-4-3-7-22-12/h3-10H,1-2H3,(H,18,19)/b17-9-. The second kappa shape index (κ2) is 6.97. The van der Waals surface area contributed by atoms with E-state index in [1.807, 2.05) is 29.6 Å². The molecule has 0 unspecified atom stereocenters. The van der Waals surface area contributed by atoms with Crippen LogP contribution in [0.1, 0.15) is 5.76 Å². The summed E-state index contributed by atoms with van der Waals surface area (Å²) in [5.74, 6) is 2.12. The zero-order valence-electron chi connectivity index (χ0n) is 12.6. The molecule has 0 saturated heterocycles. The third-order valence-electron chi connectivity index (χ3n) is 3.08. The number of thiazole rings is 1. The highest BCUT2D eigenvalue weighted by atomic mass is 32.1. The molecule has 0 atom stereocenters. The van der Waals surface area contributed by atoms with Crippen molar-refractivity contribution in [2.75, 3.05) is 19.6 Å². The number of aromatic nitrogens is 1. The molecule has 0 radical (unpaired) electrons. The molecule has 3 rings (SSSR count). The molecular formula is C16H15N3O3S. The quantitative estimate of drug-likeness (QED) is 0.549.